The van der Waals surface area contributed by atoms with Crippen LogP contribution < -0.4 is 5.56 Å². The van der Waals surface area contributed by atoms with Gasteiger partial charge in [-0.05, 0) is 47.3 Å². The van der Waals surface area contributed by atoms with Crippen molar-refractivity contribution in [3.05, 3.63) is 76.0 Å². The molecule has 1 aromatic carbocycles. The van der Waals surface area contributed by atoms with Gasteiger partial charge < -0.3 is 4.98 Å². The smallest absolute Gasteiger partial charge is 0.251 e. The Morgan fingerprint density at radius 3 is 2.40 bits per heavy atom. The van der Waals surface area contributed by atoms with Crippen molar-refractivity contribution in [2.75, 3.05) is 0 Å². The van der Waals surface area contributed by atoms with Crippen LogP contribution in [-0.4, -0.2) is 25.7 Å². The Kier molecular flexibility index (Phi) is 5.33. The summed E-state index contributed by atoms with van der Waals surface area (Å²) < 4.78 is 0. The van der Waals surface area contributed by atoms with E-state index in [1.54, 1.807) is 18.5 Å². The van der Waals surface area contributed by atoms with E-state index in [2.05, 4.69) is 65.0 Å². The molecule has 0 spiro atoms. The number of hydrogen-bond acceptors (Lipinski definition) is 5. The number of hydrogen-bond donors (Lipinski definition) is 1. The highest BCUT2D eigenvalue weighted by Crippen LogP contribution is 2.42. The van der Waals surface area contributed by atoms with E-state index < -0.39 is 5.56 Å². The van der Waals surface area contributed by atoms with E-state index in [9.17, 15) is 9.59 Å². The van der Waals surface area contributed by atoms with E-state index in [0.29, 0.717) is 5.92 Å². The zero-order valence-corrected chi connectivity index (χ0v) is 17.6. The monoisotopic (exact) mass is 402 g/mol. The quantitative estimate of drug-likeness (QED) is 0.613. The second kappa shape index (κ2) is 7.94. The van der Waals surface area contributed by atoms with Crippen molar-refractivity contribution in [3.63, 3.8) is 0 Å². The van der Waals surface area contributed by atoms with E-state index in [4.69, 9.17) is 0 Å². The molecule has 1 aliphatic carbocycles. The highest BCUT2D eigenvalue weighted by molar-refractivity contribution is 5.95. The predicted molar refractivity (Wildman–Crippen MR) is 115 cm³/mol. The van der Waals surface area contributed by atoms with Crippen LogP contribution in [-0.2, 0) is 0 Å². The van der Waals surface area contributed by atoms with Crippen LogP contribution in [0, 0.1) is 5.41 Å². The second-order valence-corrected chi connectivity index (χ2v) is 9.04. The lowest BCUT2D eigenvalue weighted by atomic mass is 9.73. The molecule has 0 amide bonds. The molecule has 4 rings (SSSR count). The Balaban J connectivity index is 1.61. The van der Waals surface area contributed by atoms with Crippen LogP contribution in [0.15, 0.2) is 53.6 Å². The van der Waals surface area contributed by atoms with Crippen LogP contribution >= 0.6 is 0 Å². The van der Waals surface area contributed by atoms with E-state index >= 15 is 0 Å². The number of nitrogens with one attached hydrogen (secondary N) is 1. The first-order valence-electron chi connectivity index (χ1n) is 10.3. The Hall–Kier alpha value is -3.15. The standard InChI is InChI=1S/C24H26N4O2/c1-24(2,3)18(17-9-7-16(8-10-17)15-5-6-15)13-20(29)19-14-21(30)28-23(27-19)22-25-11-4-12-26-22/h4,7-12,14-15,18H,5-6,13H2,1-3H3,(H,27,28,30)/t18-/m0/s1. The number of aromatic amines is 1. The number of carbonyl (C=O) groups is 1. The SMILES string of the molecule is CC(C)(C)[C@@H](CC(=O)c1cc(=O)[nH]c(-c2ncccn2)n1)c1ccc(C2CC2)cc1. The summed E-state index contributed by atoms with van der Waals surface area (Å²) in [5.74, 6) is 1.03. The van der Waals surface area contributed by atoms with Crippen molar-refractivity contribution < 1.29 is 4.79 Å². The molecule has 6 heteroatoms. The van der Waals surface area contributed by atoms with Gasteiger partial charge in [0.05, 0.1) is 0 Å². The molecule has 1 fully saturated rings. The third-order valence-corrected chi connectivity index (χ3v) is 5.63. The summed E-state index contributed by atoms with van der Waals surface area (Å²) in [6.45, 7) is 6.40. The zero-order valence-electron chi connectivity index (χ0n) is 17.6. The first-order valence-corrected chi connectivity index (χ1v) is 10.3. The van der Waals surface area contributed by atoms with Crippen LogP contribution in [0.4, 0.5) is 0 Å². The van der Waals surface area contributed by atoms with Crippen LogP contribution in [0.3, 0.4) is 0 Å². The van der Waals surface area contributed by atoms with Gasteiger partial charge in [-0.3, -0.25) is 9.59 Å². The fourth-order valence-corrected chi connectivity index (χ4v) is 3.76. The Labute approximate surface area is 175 Å². The van der Waals surface area contributed by atoms with Crippen LogP contribution in [0.1, 0.15) is 73.5 Å². The van der Waals surface area contributed by atoms with Crippen LogP contribution in [0.5, 0.6) is 0 Å². The second-order valence-electron chi connectivity index (χ2n) is 9.04. The topological polar surface area (TPSA) is 88.6 Å². The maximum atomic E-state index is 13.1. The van der Waals surface area contributed by atoms with E-state index in [1.165, 1.54) is 24.5 Å². The molecule has 1 saturated carbocycles. The molecule has 0 bridgehead atoms. The number of carbonyl (C=O) groups excluding carboxylic acids is 1. The number of aromatic nitrogens is 4. The van der Waals surface area contributed by atoms with E-state index in [0.717, 1.165) is 5.56 Å². The third-order valence-electron chi connectivity index (χ3n) is 5.63. The van der Waals surface area contributed by atoms with Crippen LogP contribution in [0.25, 0.3) is 11.6 Å². The summed E-state index contributed by atoms with van der Waals surface area (Å²) >= 11 is 0. The summed E-state index contributed by atoms with van der Waals surface area (Å²) in [4.78, 5) is 40.5. The zero-order chi connectivity index (χ0) is 21.3. The number of nitrogens with zero attached hydrogens (tertiary/aromatic N) is 3. The summed E-state index contributed by atoms with van der Waals surface area (Å²) in [5.41, 5.74) is 2.14. The first kappa shape index (κ1) is 20.1. The van der Waals surface area contributed by atoms with Crippen molar-refractivity contribution in [1.29, 1.82) is 0 Å². The summed E-state index contributed by atoms with van der Waals surface area (Å²) in [7, 11) is 0. The van der Waals surface area contributed by atoms with Gasteiger partial charge in [0.15, 0.2) is 17.4 Å². The van der Waals surface area contributed by atoms with Gasteiger partial charge in [-0.15, -0.1) is 0 Å². The van der Waals surface area contributed by atoms with Crippen molar-refractivity contribution in [2.45, 2.75) is 51.9 Å². The Morgan fingerprint density at radius 2 is 1.80 bits per heavy atom. The number of benzene rings is 1. The maximum Gasteiger partial charge on any atom is 0.251 e. The minimum Gasteiger partial charge on any atom is -0.304 e. The minimum atomic E-state index is -0.392. The average molecular weight is 402 g/mol. The summed E-state index contributed by atoms with van der Waals surface area (Å²) in [6, 6.07) is 11.6. The highest BCUT2D eigenvalue weighted by Gasteiger charge is 2.30. The van der Waals surface area contributed by atoms with Gasteiger partial charge in [0.25, 0.3) is 5.56 Å². The predicted octanol–water partition coefficient (Wildman–Crippen LogP) is 4.51. The molecule has 1 N–H and O–H groups in total. The molecule has 0 unspecified atom stereocenters. The van der Waals surface area contributed by atoms with Gasteiger partial charge in [0.2, 0.25) is 0 Å². The van der Waals surface area contributed by atoms with Crippen LogP contribution in [0.2, 0.25) is 0 Å². The summed E-state index contributed by atoms with van der Waals surface area (Å²) in [5, 5.41) is 0. The largest absolute Gasteiger partial charge is 0.304 e. The number of rotatable bonds is 6. The fraction of sp³-hybridized carbons (Fsp3) is 0.375. The number of H-pyrrole nitrogens is 1. The first-order chi connectivity index (χ1) is 14.3. The fourth-order valence-electron chi connectivity index (χ4n) is 3.76. The van der Waals surface area contributed by atoms with Crippen molar-refractivity contribution >= 4 is 5.78 Å². The molecule has 0 radical (unpaired) electrons. The van der Waals surface area contributed by atoms with E-state index in [1.807, 2.05) is 0 Å². The normalized spacial score (nSPS) is 15.0. The summed E-state index contributed by atoms with van der Waals surface area (Å²) in [6.07, 6.45) is 5.94. The molecule has 30 heavy (non-hydrogen) atoms. The van der Waals surface area contributed by atoms with Gasteiger partial charge in [0, 0.05) is 24.9 Å². The Morgan fingerprint density at radius 1 is 1.13 bits per heavy atom. The molecule has 1 atom stereocenters. The van der Waals surface area contributed by atoms with Gasteiger partial charge in [-0.2, -0.15) is 0 Å². The Bertz CT molecular complexity index is 1090. The van der Waals surface area contributed by atoms with Crippen molar-refractivity contribution in [3.8, 4) is 11.6 Å². The number of Topliss-reactive ketones (excluding diaryl/α,β-unsaturated/α-hetero) is 1. The van der Waals surface area contributed by atoms with Gasteiger partial charge in [0.1, 0.15) is 5.69 Å². The molecule has 1 aliphatic rings. The third kappa shape index (κ3) is 4.53. The van der Waals surface area contributed by atoms with E-state index in [-0.39, 0.29) is 40.9 Å². The lowest BCUT2D eigenvalue weighted by Crippen LogP contribution is -2.23. The lowest BCUT2D eigenvalue weighted by Gasteiger charge is -2.31. The molecule has 0 aliphatic heterocycles. The highest BCUT2D eigenvalue weighted by atomic mass is 16.1. The molecule has 3 aromatic rings. The minimum absolute atomic E-state index is 0.00997. The number of ketones is 1. The van der Waals surface area contributed by atoms with Crippen molar-refractivity contribution in [1.82, 2.24) is 19.9 Å². The molecule has 6 nitrogen and oxygen atoms in total. The molecule has 154 valence electrons. The van der Waals surface area contributed by atoms with Crippen molar-refractivity contribution in [2.24, 2.45) is 5.41 Å². The maximum absolute atomic E-state index is 13.1. The molecule has 2 aromatic heterocycles. The molecule has 2 heterocycles. The van der Waals surface area contributed by atoms with Gasteiger partial charge >= 0.3 is 0 Å². The molecular formula is C24H26N4O2. The molecule has 0 saturated heterocycles. The lowest BCUT2D eigenvalue weighted by molar-refractivity contribution is 0.0946. The average Bonchev–Trinajstić information content (AvgIpc) is 3.57. The van der Waals surface area contributed by atoms with Gasteiger partial charge in [-0.1, -0.05) is 45.0 Å². The molecular weight excluding hydrogens is 376 g/mol. The van der Waals surface area contributed by atoms with Gasteiger partial charge in [-0.25, -0.2) is 15.0 Å².